The zero-order chi connectivity index (χ0) is 14.4. The van der Waals surface area contributed by atoms with Crippen molar-refractivity contribution >= 4 is 11.6 Å². The number of benzene rings is 1. The van der Waals surface area contributed by atoms with E-state index in [1.165, 1.54) is 5.56 Å². The highest BCUT2D eigenvalue weighted by Crippen LogP contribution is 2.19. The van der Waals surface area contributed by atoms with Gasteiger partial charge in [0.25, 0.3) is 0 Å². The van der Waals surface area contributed by atoms with Gasteiger partial charge in [-0.1, -0.05) is 19.1 Å². The van der Waals surface area contributed by atoms with E-state index in [4.69, 9.17) is 0 Å². The van der Waals surface area contributed by atoms with Crippen LogP contribution in [0, 0.1) is 5.92 Å². The van der Waals surface area contributed by atoms with Crippen LogP contribution in [0.3, 0.4) is 0 Å². The zero-order valence-corrected chi connectivity index (χ0v) is 12.5. The van der Waals surface area contributed by atoms with Crippen LogP contribution in [0.1, 0.15) is 25.3 Å². The van der Waals surface area contributed by atoms with E-state index < -0.39 is 0 Å². The molecular weight excluding hydrogens is 250 g/mol. The van der Waals surface area contributed by atoms with Crippen LogP contribution in [0.5, 0.6) is 0 Å². The molecule has 1 aromatic carbocycles. The number of likely N-dealkylation sites (tertiary alicyclic amines) is 1. The smallest absolute Gasteiger partial charge is 0.227 e. The molecule has 4 heteroatoms. The second-order valence-electron chi connectivity index (χ2n) is 5.55. The highest BCUT2D eigenvalue weighted by molar-refractivity contribution is 5.92. The number of piperidine rings is 1. The van der Waals surface area contributed by atoms with E-state index >= 15 is 0 Å². The Morgan fingerprint density at radius 2 is 2.10 bits per heavy atom. The van der Waals surface area contributed by atoms with Gasteiger partial charge in [0.05, 0.1) is 0 Å². The molecule has 4 nitrogen and oxygen atoms in total. The molecule has 2 rings (SSSR count). The van der Waals surface area contributed by atoms with Crippen molar-refractivity contribution in [3.63, 3.8) is 0 Å². The fourth-order valence-corrected chi connectivity index (χ4v) is 2.54. The van der Waals surface area contributed by atoms with Crippen LogP contribution < -0.4 is 10.6 Å². The molecule has 1 saturated heterocycles. The first kappa shape index (κ1) is 15.0. The molecule has 0 aromatic heterocycles. The van der Waals surface area contributed by atoms with E-state index in [0.717, 1.165) is 44.7 Å². The lowest BCUT2D eigenvalue weighted by Gasteiger charge is -2.28. The summed E-state index contributed by atoms with van der Waals surface area (Å²) in [5.74, 6) is 0.322. The molecule has 0 aliphatic carbocycles. The molecular formula is C16H25N3O. The molecule has 0 spiro atoms. The fraction of sp³-hybridized carbons (Fsp3) is 0.562. The Morgan fingerprint density at radius 3 is 2.80 bits per heavy atom. The Bertz CT molecular complexity index is 439. The van der Waals surface area contributed by atoms with Gasteiger partial charge >= 0.3 is 0 Å². The number of amides is 1. The molecule has 0 bridgehead atoms. The summed E-state index contributed by atoms with van der Waals surface area (Å²) in [5, 5.41) is 6.35. The normalized spacial score (nSPS) is 17.1. The minimum Gasteiger partial charge on any atom is -0.326 e. The summed E-state index contributed by atoms with van der Waals surface area (Å²) in [6.07, 6.45) is 1.92. The topological polar surface area (TPSA) is 44.4 Å². The highest BCUT2D eigenvalue weighted by Gasteiger charge is 2.23. The van der Waals surface area contributed by atoms with E-state index in [0.29, 0.717) is 0 Å². The van der Waals surface area contributed by atoms with E-state index in [1.807, 2.05) is 12.1 Å². The number of hydrogen-bond acceptors (Lipinski definition) is 3. The summed E-state index contributed by atoms with van der Waals surface area (Å²) in [6.45, 7) is 5.91. The van der Waals surface area contributed by atoms with Crippen LogP contribution in [-0.4, -0.2) is 37.5 Å². The second kappa shape index (κ2) is 7.41. The average molecular weight is 275 g/mol. The van der Waals surface area contributed by atoms with Gasteiger partial charge < -0.3 is 15.5 Å². The maximum Gasteiger partial charge on any atom is 0.227 e. The standard InChI is InChI=1S/C16H25N3O/c1-3-17-12-13-5-4-6-15(11-13)18-16(20)14-7-9-19(2)10-8-14/h4-6,11,14,17H,3,7-10,12H2,1-2H3,(H,18,20). The van der Waals surface area contributed by atoms with Crippen molar-refractivity contribution < 1.29 is 4.79 Å². The monoisotopic (exact) mass is 275 g/mol. The van der Waals surface area contributed by atoms with Crippen molar-refractivity contribution in [2.24, 2.45) is 5.92 Å². The van der Waals surface area contributed by atoms with Crippen molar-refractivity contribution in [1.82, 2.24) is 10.2 Å². The first-order valence-corrected chi connectivity index (χ1v) is 7.48. The maximum absolute atomic E-state index is 12.3. The van der Waals surface area contributed by atoms with Crippen LogP contribution in [0.25, 0.3) is 0 Å². The second-order valence-corrected chi connectivity index (χ2v) is 5.55. The van der Waals surface area contributed by atoms with Crippen molar-refractivity contribution in [3.05, 3.63) is 29.8 Å². The number of carbonyl (C=O) groups is 1. The van der Waals surface area contributed by atoms with Crippen LogP contribution in [-0.2, 0) is 11.3 Å². The quantitative estimate of drug-likeness (QED) is 0.864. The average Bonchev–Trinajstić information content (AvgIpc) is 2.46. The van der Waals surface area contributed by atoms with Crippen molar-refractivity contribution in [1.29, 1.82) is 0 Å². The van der Waals surface area contributed by atoms with Gasteiger partial charge in [-0.25, -0.2) is 0 Å². The first-order valence-electron chi connectivity index (χ1n) is 7.48. The van der Waals surface area contributed by atoms with Crippen LogP contribution in [0.15, 0.2) is 24.3 Å². The van der Waals surface area contributed by atoms with E-state index in [2.05, 4.69) is 41.6 Å². The van der Waals surface area contributed by atoms with E-state index in [-0.39, 0.29) is 11.8 Å². The van der Waals surface area contributed by atoms with Gasteiger partial charge in [0.1, 0.15) is 0 Å². The predicted molar refractivity (Wildman–Crippen MR) is 82.7 cm³/mol. The number of nitrogens with one attached hydrogen (secondary N) is 2. The third-order valence-corrected chi connectivity index (χ3v) is 3.86. The first-order chi connectivity index (χ1) is 9.69. The molecule has 2 N–H and O–H groups in total. The Balaban J connectivity index is 1.90. The van der Waals surface area contributed by atoms with Gasteiger partial charge in [-0.2, -0.15) is 0 Å². The Kier molecular flexibility index (Phi) is 5.56. The minimum atomic E-state index is 0.156. The number of anilines is 1. The SMILES string of the molecule is CCNCc1cccc(NC(=O)C2CCN(C)CC2)c1. The summed E-state index contributed by atoms with van der Waals surface area (Å²) in [5.41, 5.74) is 2.11. The molecule has 1 heterocycles. The third kappa shape index (κ3) is 4.32. The van der Waals surface area contributed by atoms with Crippen LogP contribution >= 0.6 is 0 Å². The molecule has 110 valence electrons. The lowest BCUT2D eigenvalue weighted by molar-refractivity contribution is -0.121. The molecule has 1 aromatic rings. The molecule has 1 fully saturated rings. The summed E-state index contributed by atoms with van der Waals surface area (Å²) < 4.78 is 0. The highest BCUT2D eigenvalue weighted by atomic mass is 16.1. The molecule has 20 heavy (non-hydrogen) atoms. The van der Waals surface area contributed by atoms with Gasteiger partial charge in [-0.3, -0.25) is 4.79 Å². The molecule has 1 amide bonds. The molecule has 1 aliphatic heterocycles. The number of nitrogens with zero attached hydrogens (tertiary/aromatic N) is 1. The van der Waals surface area contributed by atoms with Gasteiger partial charge in [-0.05, 0) is 57.2 Å². The zero-order valence-electron chi connectivity index (χ0n) is 12.5. The molecule has 0 radical (unpaired) electrons. The molecule has 0 saturated carbocycles. The predicted octanol–water partition coefficient (Wildman–Crippen LogP) is 2.08. The van der Waals surface area contributed by atoms with Crippen LogP contribution in [0.4, 0.5) is 5.69 Å². The number of hydrogen-bond donors (Lipinski definition) is 2. The lowest BCUT2D eigenvalue weighted by Crippen LogP contribution is -2.35. The Hall–Kier alpha value is -1.39. The molecule has 0 atom stereocenters. The van der Waals surface area contributed by atoms with Gasteiger partial charge in [0.2, 0.25) is 5.91 Å². The summed E-state index contributed by atoms with van der Waals surface area (Å²) in [6, 6.07) is 8.09. The Morgan fingerprint density at radius 1 is 1.35 bits per heavy atom. The van der Waals surface area contributed by atoms with Crippen molar-refractivity contribution in [3.8, 4) is 0 Å². The van der Waals surface area contributed by atoms with E-state index in [1.54, 1.807) is 0 Å². The summed E-state index contributed by atoms with van der Waals surface area (Å²) >= 11 is 0. The van der Waals surface area contributed by atoms with Gasteiger partial charge in [0.15, 0.2) is 0 Å². The summed E-state index contributed by atoms with van der Waals surface area (Å²) in [4.78, 5) is 14.5. The van der Waals surface area contributed by atoms with E-state index in [9.17, 15) is 4.79 Å². The largest absolute Gasteiger partial charge is 0.326 e. The van der Waals surface area contributed by atoms with Crippen molar-refractivity contribution in [2.75, 3.05) is 32.0 Å². The third-order valence-electron chi connectivity index (χ3n) is 3.86. The molecule has 0 unspecified atom stereocenters. The van der Waals surface area contributed by atoms with Crippen LogP contribution in [0.2, 0.25) is 0 Å². The van der Waals surface area contributed by atoms with Gasteiger partial charge in [0, 0.05) is 18.2 Å². The minimum absolute atomic E-state index is 0.156. The van der Waals surface area contributed by atoms with Gasteiger partial charge in [-0.15, -0.1) is 0 Å². The Labute approximate surface area is 121 Å². The maximum atomic E-state index is 12.3. The number of carbonyl (C=O) groups excluding carboxylic acids is 1. The fourth-order valence-electron chi connectivity index (χ4n) is 2.54. The molecule has 1 aliphatic rings. The summed E-state index contributed by atoms with van der Waals surface area (Å²) in [7, 11) is 2.11. The number of rotatable bonds is 5. The lowest BCUT2D eigenvalue weighted by atomic mass is 9.96. The van der Waals surface area contributed by atoms with Crippen molar-refractivity contribution in [2.45, 2.75) is 26.3 Å².